The molecule has 0 bridgehead atoms. The number of rotatable bonds is 4. The van der Waals surface area contributed by atoms with Crippen LogP contribution in [-0.4, -0.2) is 56.5 Å². The summed E-state index contributed by atoms with van der Waals surface area (Å²) in [7, 11) is -2.77. The van der Waals surface area contributed by atoms with Crippen molar-refractivity contribution in [3.05, 3.63) is 0 Å². The molecule has 2 fully saturated rings. The van der Waals surface area contributed by atoms with Crippen molar-refractivity contribution < 1.29 is 8.42 Å². The van der Waals surface area contributed by atoms with Gasteiger partial charge in [0.2, 0.25) is 0 Å². The molecule has 0 aromatic rings. The molecule has 0 radical (unpaired) electrons. The van der Waals surface area contributed by atoms with E-state index < -0.39 is 9.84 Å². The maximum absolute atomic E-state index is 11.7. The lowest BCUT2D eigenvalue weighted by Crippen LogP contribution is -2.50. The first-order chi connectivity index (χ1) is 8.61. The van der Waals surface area contributed by atoms with E-state index in [1.165, 1.54) is 6.42 Å². The van der Waals surface area contributed by atoms with Crippen molar-refractivity contribution in [1.82, 2.24) is 10.2 Å². The Morgan fingerprint density at radius 2 is 1.94 bits per heavy atom. The van der Waals surface area contributed by atoms with E-state index in [1.54, 1.807) is 0 Å². The fraction of sp³-hybridized carbons (Fsp3) is 1.00. The summed E-state index contributed by atoms with van der Waals surface area (Å²) in [6, 6.07) is 0.928. The molecule has 2 heterocycles. The zero-order chi connectivity index (χ0) is 13.0. The zero-order valence-electron chi connectivity index (χ0n) is 11.4. The van der Waals surface area contributed by atoms with Gasteiger partial charge in [0.1, 0.15) is 0 Å². The standard InChI is InChI=1S/C13H26N2O2S/c1-2-7-14-12-5-8-15(9-6-12)13-4-3-10-18(16,17)11-13/h12-14H,2-11H2,1H3. The predicted molar refractivity (Wildman–Crippen MR) is 74.6 cm³/mol. The molecule has 0 aliphatic carbocycles. The maximum atomic E-state index is 11.7. The highest BCUT2D eigenvalue weighted by Gasteiger charge is 2.31. The van der Waals surface area contributed by atoms with E-state index in [0.717, 1.165) is 45.3 Å². The number of hydrogen-bond donors (Lipinski definition) is 1. The van der Waals surface area contributed by atoms with Crippen molar-refractivity contribution in [3.8, 4) is 0 Å². The maximum Gasteiger partial charge on any atom is 0.151 e. The molecule has 4 nitrogen and oxygen atoms in total. The minimum Gasteiger partial charge on any atom is -0.314 e. The van der Waals surface area contributed by atoms with Gasteiger partial charge < -0.3 is 5.32 Å². The van der Waals surface area contributed by atoms with E-state index in [4.69, 9.17) is 0 Å². The molecule has 2 saturated heterocycles. The van der Waals surface area contributed by atoms with E-state index >= 15 is 0 Å². The Balaban J connectivity index is 1.79. The van der Waals surface area contributed by atoms with E-state index in [0.29, 0.717) is 17.5 Å². The smallest absolute Gasteiger partial charge is 0.151 e. The van der Waals surface area contributed by atoms with Gasteiger partial charge in [0.15, 0.2) is 9.84 Å². The Kier molecular flexibility index (Phi) is 5.04. The van der Waals surface area contributed by atoms with Gasteiger partial charge in [0.05, 0.1) is 11.5 Å². The van der Waals surface area contributed by atoms with Crippen LogP contribution in [0.2, 0.25) is 0 Å². The van der Waals surface area contributed by atoms with Crippen molar-refractivity contribution in [2.75, 3.05) is 31.1 Å². The highest BCUT2D eigenvalue weighted by Crippen LogP contribution is 2.21. The second-order valence-electron chi connectivity index (χ2n) is 5.67. The molecule has 2 aliphatic heterocycles. The molecule has 0 aromatic heterocycles. The first-order valence-electron chi connectivity index (χ1n) is 7.28. The summed E-state index contributed by atoms with van der Waals surface area (Å²) >= 11 is 0. The van der Waals surface area contributed by atoms with Gasteiger partial charge in [-0.15, -0.1) is 0 Å². The third kappa shape index (κ3) is 3.93. The summed E-state index contributed by atoms with van der Waals surface area (Å²) < 4.78 is 23.3. The van der Waals surface area contributed by atoms with Gasteiger partial charge in [-0.05, 0) is 51.7 Å². The zero-order valence-corrected chi connectivity index (χ0v) is 12.2. The molecule has 0 spiro atoms. The van der Waals surface area contributed by atoms with Gasteiger partial charge in [-0.2, -0.15) is 0 Å². The number of nitrogens with zero attached hydrogens (tertiary/aromatic N) is 1. The quantitative estimate of drug-likeness (QED) is 0.832. The van der Waals surface area contributed by atoms with Crippen molar-refractivity contribution in [2.24, 2.45) is 0 Å². The van der Waals surface area contributed by atoms with E-state index in [1.807, 2.05) is 0 Å². The molecule has 0 amide bonds. The molecule has 1 N–H and O–H groups in total. The lowest BCUT2D eigenvalue weighted by molar-refractivity contribution is 0.145. The molecule has 0 aromatic carbocycles. The largest absolute Gasteiger partial charge is 0.314 e. The number of hydrogen-bond acceptors (Lipinski definition) is 4. The summed E-state index contributed by atoms with van der Waals surface area (Å²) in [6.07, 6.45) is 5.42. The fourth-order valence-corrected chi connectivity index (χ4v) is 4.84. The molecule has 18 heavy (non-hydrogen) atoms. The average Bonchev–Trinajstić information content (AvgIpc) is 2.36. The molecule has 2 rings (SSSR count). The minimum absolute atomic E-state index is 0.288. The van der Waals surface area contributed by atoms with E-state index in [-0.39, 0.29) is 6.04 Å². The van der Waals surface area contributed by atoms with Crippen LogP contribution in [0.1, 0.15) is 39.0 Å². The molecule has 106 valence electrons. The summed E-state index contributed by atoms with van der Waals surface area (Å²) in [4.78, 5) is 2.40. The van der Waals surface area contributed by atoms with Crippen LogP contribution in [0.3, 0.4) is 0 Å². The van der Waals surface area contributed by atoms with Gasteiger partial charge >= 0.3 is 0 Å². The average molecular weight is 274 g/mol. The third-order valence-corrected chi connectivity index (χ3v) is 5.97. The van der Waals surface area contributed by atoms with Crippen molar-refractivity contribution in [3.63, 3.8) is 0 Å². The topological polar surface area (TPSA) is 49.4 Å². The number of likely N-dealkylation sites (tertiary alicyclic amines) is 1. The summed E-state index contributed by atoms with van der Waals surface area (Å²) in [5.74, 6) is 0.790. The SMILES string of the molecule is CCCNC1CCN(C2CCCS(=O)(=O)C2)CC1. The Bertz CT molecular complexity index is 348. The van der Waals surface area contributed by atoms with Crippen LogP contribution < -0.4 is 5.32 Å². The van der Waals surface area contributed by atoms with E-state index in [2.05, 4.69) is 17.1 Å². The Morgan fingerprint density at radius 3 is 2.56 bits per heavy atom. The third-order valence-electron chi connectivity index (χ3n) is 4.17. The highest BCUT2D eigenvalue weighted by atomic mass is 32.2. The lowest BCUT2D eigenvalue weighted by Gasteiger charge is -2.39. The first kappa shape index (κ1) is 14.3. The van der Waals surface area contributed by atoms with Crippen LogP contribution in [0.15, 0.2) is 0 Å². The normalized spacial score (nSPS) is 30.4. The molecule has 2 aliphatic rings. The summed E-state index contributed by atoms with van der Waals surface area (Å²) in [5, 5.41) is 3.57. The number of piperidine rings is 1. The summed E-state index contributed by atoms with van der Waals surface area (Å²) in [5.41, 5.74) is 0. The Morgan fingerprint density at radius 1 is 1.22 bits per heavy atom. The molecular weight excluding hydrogens is 248 g/mol. The van der Waals surface area contributed by atoms with Crippen LogP contribution in [0.25, 0.3) is 0 Å². The Hall–Kier alpha value is -0.130. The second-order valence-corrected chi connectivity index (χ2v) is 7.90. The van der Waals surface area contributed by atoms with Crippen LogP contribution >= 0.6 is 0 Å². The second kappa shape index (κ2) is 6.35. The van der Waals surface area contributed by atoms with Crippen molar-refractivity contribution >= 4 is 9.84 Å². The van der Waals surface area contributed by atoms with Gasteiger partial charge in [0, 0.05) is 12.1 Å². The Labute approximate surface area is 111 Å². The number of nitrogens with one attached hydrogen (secondary N) is 1. The van der Waals surface area contributed by atoms with Gasteiger partial charge in [-0.25, -0.2) is 8.42 Å². The fourth-order valence-electron chi connectivity index (χ4n) is 3.10. The van der Waals surface area contributed by atoms with Gasteiger partial charge in [-0.3, -0.25) is 4.90 Å². The molecule has 1 atom stereocenters. The van der Waals surface area contributed by atoms with Gasteiger partial charge in [0.25, 0.3) is 0 Å². The number of sulfone groups is 1. The summed E-state index contributed by atoms with van der Waals surface area (Å²) in [6.45, 7) is 5.40. The van der Waals surface area contributed by atoms with Crippen molar-refractivity contribution in [2.45, 2.75) is 51.1 Å². The highest BCUT2D eigenvalue weighted by molar-refractivity contribution is 7.91. The molecule has 1 unspecified atom stereocenters. The molecular formula is C13H26N2O2S. The van der Waals surface area contributed by atoms with E-state index in [9.17, 15) is 8.42 Å². The van der Waals surface area contributed by atoms with Crippen LogP contribution in [0, 0.1) is 0 Å². The van der Waals surface area contributed by atoms with Crippen LogP contribution in [-0.2, 0) is 9.84 Å². The minimum atomic E-state index is -2.77. The predicted octanol–water partition coefficient (Wildman–Crippen LogP) is 1.03. The monoisotopic (exact) mass is 274 g/mol. The van der Waals surface area contributed by atoms with Gasteiger partial charge in [-0.1, -0.05) is 6.92 Å². The molecule has 0 saturated carbocycles. The van der Waals surface area contributed by atoms with Crippen LogP contribution in [0.4, 0.5) is 0 Å². The van der Waals surface area contributed by atoms with Crippen LogP contribution in [0.5, 0.6) is 0 Å². The van der Waals surface area contributed by atoms with Crippen molar-refractivity contribution in [1.29, 1.82) is 0 Å². The lowest BCUT2D eigenvalue weighted by atomic mass is 10.0. The molecule has 5 heteroatoms. The first-order valence-corrected chi connectivity index (χ1v) is 9.11.